The van der Waals surface area contributed by atoms with Gasteiger partial charge in [0.25, 0.3) is 0 Å². The maximum absolute atomic E-state index is 13.3. The third kappa shape index (κ3) is 5.18. The van der Waals surface area contributed by atoms with Crippen LogP contribution in [0.2, 0.25) is 0 Å². The second-order valence-electron chi connectivity index (χ2n) is 5.68. The molecule has 4 heteroatoms. The van der Waals surface area contributed by atoms with E-state index in [1.165, 1.54) is 12.1 Å². The van der Waals surface area contributed by atoms with Crippen molar-refractivity contribution in [1.29, 1.82) is 0 Å². The van der Waals surface area contributed by atoms with Crippen LogP contribution in [0.15, 0.2) is 54.6 Å². The zero-order valence-electron chi connectivity index (χ0n) is 13.3. The van der Waals surface area contributed by atoms with E-state index >= 15 is 0 Å². The predicted octanol–water partition coefficient (Wildman–Crippen LogP) is 3.34. The van der Waals surface area contributed by atoms with E-state index in [9.17, 15) is 14.3 Å². The highest BCUT2D eigenvalue weighted by atomic mass is 19.1. The number of hydrogen-bond acceptors (Lipinski definition) is 2. The van der Waals surface area contributed by atoms with E-state index in [0.717, 1.165) is 11.1 Å². The minimum Gasteiger partial charge on any atom is -0.395 e. The Labute approximate surface area is 136 Å². The van der Waals surface area contributed by atoms with E-state index in [1.807, 2.05) is 43.3 Å². The molecule has 122 valence electrons. The maximum Gasteiger partial charge on any atom is 0.223 e. The number of halogens is 1. The topological polar surface area (TPSA) is 40.5 Å². The van der Waals surface area contributed by atoms with E-state index in [4.69, 9.17) is 0 Å². The number of carbonyl (C=O) groups excluding carboxylic acids is 1. The van der Waals surface area contributed by atoms with Crippen LogP contribution in [0.3, 0.4) is 0 Å². The van der Waals surface area contributed by atoms with E-state index in [1.54, 1.807) is 11.0 Å². The monoisotopic (exact) mass is 315 g/mol. The van der Waals surface area contributed by atoms with Crippen LogP contribution in [-0.2, 0) is 11.3 Å². The molecule has 0 bridgehead atoms. The first-order valence-electron chi connectivity index (χ1n) is 7.78. The Balaban J connectivity index is 2.02. The Kier molecular flexibility index (Phi) is 6.29. The van der Waals surface area contributed by atoms with E-state index in [0.29, 0.717) is 13.1 Å². The molecule has 0 saturated carbocycles. The molecule has 0 radical (unpaired) electrons. The van der Waals surface area contributed by atoms with Gasteiger partial charge in [0.05, 0.1) is 6.61 Å². The molecular weight excluding hydrogens is 293 g/mol. The van der Waals surface area contributed by atoms with Gasteiger partial charge in [-0.05, 0) is 29.2 Å². The number of hydrogen-bond donors (Lipinski definition) is 1. The van der Waals surface area contributed by atoms with Gasteiger partial charge < -0.3 is 10.0 Å². The second-order valence-corrected chi connectivity index (χ2v) is 5.68. The van der Waals surface area contributed by atoms with Crippen LogP contribution in [0, 0.1) is 5.82 Å². The number of aliphatic hydroxyl groups is 1. The first-order valence-corrected chi connectivity index (χ1v) is 7.78. The molecule has 0 saturated heterocycles. The Morgan fingerprint density at radius 1 is 1.17 bits per heavy atom. The van der Waals surface area contributed by atoms with Crippen molar-refractivity contribution in [3.63, 3.8) is 0 Å². The minimum absolute atomic E-state index is 0.0420. The summed E-state index contributed by atoms with van der Waals surface area (Å²) in [5, 5.41) is 9.21. The number of amides is 1. The van der Waals surface area contributed by atoms with Gasteiger partial charge in [0.1, 0.15) is 5.82 Å². The average molecular weight is 315 g/mol. The van der Waals surface area contributed by atoms with Gasteiger partial charge in [0, 0.05) is 19.5 Å². The third-order valence-corrected chi connectivity index (χ3v) is 3.84. The van der Waals surface area contributed by atoms with Gasteiger partial charge in [-0.1, -0.05) is 49.4 Å². The minimum atomic E-state index is -0.293. The summed E-state index contributed by atoms with van der Waals surface area (Å²) in [6, 6.07) is 16.0. The van der Waals surface area contributed by atoms with Crippen LogP contribution in [0.1, 0.15) is 30.4 Å². The smallest absolute Gasteiger partial charge is 0.223 e. The van der Waals surface area contributed by atoms with Crippen LogP contribution in [-0.4, -0.2) is 29.1 Å². The molecule has 3 nitrogen and oxygen atoms in total. The number of rotatable bonds is 7. The SMILES string of the molecule is CC(CC(=O)N(CCO)Cc1ccccc1)c1cccc(F)c1. The van der Waals surface area contributed by atoms with Crippen molar-refractivity contribution in [2.45, 2.75) is 25.8 Å². The summed E-state index contributed by atoms with van der Waals surface area (Å²) in [5.41, 5.74) is 1.83. The van der Waals surface area contributed by atoms with Gasteiger partial charge in [-0.3, -0.25) is 4.79 Å². The van der Waals surface area contributed by atoms with Crippen molar-refractivity contribution in [1.82, 2.24) is 4.90 Å². The van der Waals surface area contributed by atoms with E-state index in [2.05, 4.69) is 0 Å². The third-order valence-electron chi connectivity index (χ3n) is 3.84. The first kappa shape index (κ1) is 17.2. The molecule has 0 aliphatic heterocycles. The van der Waals surface area contributed by atoms with Gasteiger partial charge in [0.15, 0.2) is 0 Å². The number of nitrogens with zero attached hydrogens (tertiary/aromatic N) is 1. The van der Waals surface area contributed by atoms with Crippen molar-refractivity contribution in [3.8, 4) is 0 Å². The number of carbonyl (C=O) groups is 1. The van der Waals surface area contributed by atoms with Gasteiger partial charge in [-0.2, -0.15) is 0 Å². The Morgan fingerprint density at radius 2 is 1.91 bits per heavy atom. The summed E-state index contributed by atoms with van der Waals surface area (Å²) in [4.78, 5) is 14.2. The maximum atomic E-state index is 13.3. The van der Waals surface area contributed by atoms with Crippen LogP contribution in [0.25, 0.3) is 0 Å². The molecule has 1 amide bonds. The first-order chi connectivity index (χ1) is 11.1. The van der Waals surface area contributed by atoms with Gasteiger partial charge in [-0.25, -0.2) is 4.39 Å². The van der Waals surface area contributed by atoms with Crippen molar-refractivity contribution >= 4 is 5.91 Å². The highest BCUT2D eigenvalue weighted by molar-refractivity contribution is 5.77. The van der Waals surface area contributed by atoms with E-state index in [-0.39, 0.29) is 30.7 Å². The fourth-order valence-corrected chi connectivity index (χ4v) is 2.54. The van der Waals surface area contributed by atoms with Crippen LogP contribution in [0.4, 0.5) is 4.39 Å². The van der Waals surface area contributed by atoms with Crippen LogP contribution < -0.4 is 0 Å². The summed E-state index contributed by atoms with van der Waals surface area (Å²) in [6.45, 7) is 2.60. The van der Waals surface area contributed by atoms with Crippen molar-refractivity contribution in [2.75, 3.05) is 13.2 Å². The number of benzene rings is 2. The molecule has 1 atom stereocenters. The lowest BCUT2D eigenvalue weighted by atomic mass is 9.97. The Hall–Kier alpha value is -2.20. The molecule has 2 aromatic carbocycles. The van der Waals surface area contributed by atoms with Crippen molar-refractivity contribution in [2.24, 2.45) is 0 Å². The van der Waals surface area contributed by atoms with Crippen LogP contribution >= 0.6 is 0 Å². The quantitative estimate of drug-likeness (QED) is 0.851. The molecule has 0 aliphatic rings. The molecule has 0 spiro atoms. The molecular formula is C19H22FNO2. The zero-order valence-corrected chi connectivity index (χ0v) is 13.3. The molecule has 1 unspecified atom stereocenters. The van der Waals surface area contributed by atoms with Gasteiger partial charge in [-0.15, -0.1) is 0 Å². The van der Waals surface area contributed by atoms with Gasteiger partial charge in [0.2, 0.25) is 5.91 Å². The normalized spacial score (nSPS) is 12.0. The zero-order chi connectivity index (χ0) is 16.7. The Bertz CT molecular complexity index is 630. The lowest BCUT2D eigenvalue weighted by Crippen LogP contribution is -2.33. The lowest BCUT2D eigenvalue weighted by Gasteiger charge is -2.24. The molecule has 0 fully saturated rings. The summed E-state index contributed by atoms with van der Waals surface area (Å²) >= 11 is 0. The van der Waals surface area contributed by atoms with Crippen molar-refractivity contribution < 1.29 is 14.3 Å². The fraction of sp³-hybridized carbons (Fsp3) is 0.316. The van der Waals surface area contributed by atoms with Gasteiger partial charge >= 0.3 is 0 Å². The fourth-order valence-electron chi connectivity index (χ4n) is 2.54. The van der Waals surface area contributed by atoms with Crippen LogP contribution in [0.5, 0.6) is 0 Å². The Morgan fingerprint density at radius 3 is 2.57 bits per heavy atom. The summed E-state index contributed by atoms with van der Waals surface area (Å²) < 4.78 is 13.3. The highest BCUT2D eigenvalue weighted by Crippen LogP contribution is 2.21. The van der Waals surface area contributed by atoms with E-state index < -0.39 is 0 Å². The predicted molar refractivity (Wildman–Crippen MR) is 88.4 cm³/mol. The standard InChI is InChI=1S/C19H22FNO2/c1-15(17-8-5-9-18(20)13-17)12-19(23)21(10-11-22)14-16-6-3-2-4-7-16/h2-9,13,15,22H,10-12,14H2,1H3. The second kappa shape index (κ2) is 8.44. The lowest BCUT2D eigenvalue weighted by molar-refractivity contribution is -0.132. The number of aliphatic hydroxyl groups excluding tert-OH is 1. The highest BCUT2D eigenvalue weighted by Gasteiger charge is 2.18. The largest absolute Gasteiger partial charge is 0.395 e. The summed E-state index contributed by atoms with van der Waals surface area (Å²) in [6.07, 6.45) is 0.288. The summed E-state index contributed by atoms with van der Waals surface area (Å²) in [5.74, 6) is -0.409. The molecule has 2 aromatic rings. The molecule has 0 aromatic heterocycles. The van der Waals surface area contributed by atoms with Crippen molar-refractivity contribution in [3.05, 3.63) is 71.5 Å². The molecule has 0 heterocycles. The molecule has 0 aliphatic carbocycles. The average Bonchev–Trinajstić information content (AvgIpc) is 2.55. The molecule has 1 N–H and O–H groups in total. The summed E-state index contributed by atoms with van der Waals surface area (Å²) in [7, 11) is 0. The molecule has 23 heavy (non-hydrogen) atoms. The molecule has 2 rings (SSSR count).